The Morgan fingerprint density at radius 1 is 1.14 bits per heavy atom. The van der Waals surface area contributed by atoms with Gasteiger partial charge in [-0.2, -0.15) is 0 Å². The van der Waals surface area contributed by atoms with Gasteiger partial charge in [0.15, 0.2) is 0 Å². The second-order valence-corrected chi connectivity index (χ2v) is 5.76. The summed E-state index contributed by atoms with van der Waals surface area (Å²) in [7, 11) is 0. The van der Waals surface area contributed by atoms with Crippen LogP contribution in [0.15, 0.2) is 24.3 Å². The molecule has 5 heteroatoms. The van der Waals surface area contributed by atoms with Gasteiger partial charge in [-0.1, -0.05) is 37.8 Å². The van der Waals surface area contributed by atoms with Gasteiger partial charge in [-0.3, -0.25) is 9.59 Å². The third-order valence-corrected chi connectivity index (χ3v) is 4.32. The molecule has 2 rings (SSSR count). The normalized spacial score (nSPS) is 17.7. The van der Waals surface area contributed by atoms with Crippen molar-refractivity contribution in [2.75, 3.05) is 11.9 Å². The maximum absolute atomic E-state index is 11.7. The van der Waals surface area contributed by atoms with E-state index in [1.165, 1.54) is 0 Å². The fourth-order valence-electron chi connectivity index (χ4n) is 2.99. The van der Waals surface area contributed by atoms with Crippen molar-refractivity contribution in [1.29, 1.82) is 0 Å². The Morgan fingerprint density at radius 2 is 1.76 bits per heavy atom. The smallest absolute Gasteiger partial charge is 0.311 e. The molecule has 0 atom stereocenters. The molecule has 1 aliphatic rings. The van der Waals surface area contributed by atoms with E-state index in [0.717, 1.165) is 25.7 Å². The summed E-state index contributed by atoms with van der Waals surface area (Å²) in [4.78, 5) is 23.1. The number of hydrogen-bond donors (Lipinski definition) is 3. The lowest BCUT2D eigenvalue weighted by molar-refractivity contribution is -0.149. The molecule has 1 aromatic rings. The number of hydrogen-bond acceptors (Lipinski definition) is 3. The van der Waals surface area contributed by atoms with Crippen molar-refractivity contribution in [3.05, 3.63) is 29.8 Å². The van der Waals surface area contributed by atoms with Crippen LogP contribution in [0.3, 0.4) is 0 Å². The van der Waals surface area contributed by atoms with Gasteiger partial charge >= 0.3 is 5.97 Å². The molecule has 1 aliphatic carbocycles. The van der Waals surface area contributed by atoms with E-state index >= 15 is 0 Å². The largest absolute Gasteiger partial charge is 0.481 e. The standard InChI is InChI=1S/C16H22N2O3/c17-14(19)12-7-3-4-8-13(12)18-11-16(15(20)21)9-5-1-2-6-10-16/h3-4,7-8,18H,1-2,5-6,9-11H2,(H2,17,19)(H,20,21). The highest BCUT2D eigenvalue weighted by Gasteiger charge is 2.38. The van der Waals surface area contributed by atoms with Gasteiger partial charge in [0.2, 0.25) is 0 Å². The molecular formula is C16H22N2O3. The van der Waals surface area contributed by atoms with E-state index in [4.69, 9.17) is 5.73 Å². The fourth-order valence-corrected chi connectivity index (χ4v) is 2.99. The van der Waals surface area contributed by atoms with Crippen LogP contribution in [-0.4, -0.2) is 23.5 Å². The Kier molecular flexibility index (Phi) is 4.83. The number of para-hydroxylation sites is 1. The van der Waals surface area contributed by atoms with Crippen molar-refractivity contribution in [2.24, 2.45) is 11.1 Å². The summed E-state index contributed by atoms with van der Waals surface area (Å²) in [6, 6.07) is 6.94. The number of aliphatic carboxylic acids is 1. The number of nitrogens with one attached hydrogen (secondary N) is 1. The molecule has 0 saturated heterocycles. The average Bonchev–Trinajstić information content (AvgIpc) is 2.72. The van der Waals surface area contributed by atoms with E-state index in [0.29, 0.717) is 30.6 Å². The van der Waals surface area contributed by atoms with Crippen LogP contribution in [-0.2, 0) is 4.79 Å². The van der Waals surface area contributed by atoms with Crippen LogP contribution in [0.2, 0.25) is 0 Å². The number of anilines is 1. The molecule has 0 unspecified atom stereocenters. The molecule has 4 N–H and O–H groups in total. The lowest BCUT2D eigenvalue weighted by atomic mass is 9.80. The molecule has 0 aromatic heterocycles. The van der Waals surface area contributed by atoms with Gasteiger partial charge in [-0.05, 0) is 25.0 Å². The Morgan fingerprint density at radius 3 is 2.33 bits per heavy atom. The van der Waals surface area contributed by atoms with Crippen molar-refractivity contribution in [3.8, 4) is 0 Å². The summed E-state index contributed by atoms with van der Waals surface area (Å²) >= 11 is 0. The van der Waals surface area contributed by atoms with Gasteiger partial charge in [0.05, 0.1) is 11.0 Å². The van der Waals surface area contributed by atoms with E-state index in [9.17, 15) is 14.7 Å². The SMILES string of the molecule is NC(=O)c1ccccc1NCC1(C(=O)O)CCCCCC1. The van der Waals surface area contributed by atoms with Gasteiger partial charge < -0.3 is 16.2 Å². The summed E-state index contributed by atoms with van der Waals surface area (Å²) in [6.07, 6.45) is 5.40. The van der Waals surface area contributed by atoms with Crippen LogP contribution in [0.4, 0.5) is 5.69 Å². The molecule has 21 heavy (non-hydrogen) atoms. The van der Waals surface area contributed by atoms with Crippen molar-refractivity contribution in [2.45, 2.75) is 38.5 Å². The molecular weight excluding hydrogens is 268 g/mol. The van der Waals surface area contributed by atoms with Crippen LogP contribution in [0.25, 0.3) is 0 Å². The quantitative estimate of drug-likeness (QED) is 0.727. The number of carbonyl (C=O) groups excluding carboxylic acids is 1. The molecule has 114 valence electrons. The summed E-state index contributed by atoms with van der Waals surface area (Å²) in [5.41, 5.74) is 5.60. The minimum Gasteiger partial charge on any atom is -0.481 e. The van der Waals surface area contributed by atoms with E-state index < -0.39 is 17.3 Å². The van der Waals surface area contributed by atoms with Gasteiger partial charge in [0, 0.05) is 12.2 Å². The lowest BCUT2D eigenvalue weighted by Crippen LogP contribution is -2.37. The molecule has 1 aromatic carbocycles. The maximum Gasteiger partial charge on any atom is 0.311 e. The van der Waals surface area contributed by atoms with E-state index in [1.807, 2.05) is 0 Å². The van der Waals surface area contributed by atoms with Crippen LogP contribution in [0, 0.1) is 5.41 Å². The first kappa shape index (κ1) is 15.4. The van der Waals surface area contributed by atoms with Crippen LogP contribution < -0.4 is 11.1 Å². The van der Waals surface area contributed by atoms with E-state index in [2.05, 4.69) is 5.32 Å². The summed E-state index contributed by atoms with van der Waals surface area (Å²) in [6.45, 7) is 0.326. The minimum atomic E-state index is -0.756. The Bertz CT molecular complexity index is 520. The Balaban J connectivity index is 2.16. The van der Waals surface area contributed by atoms with Gasteiger partial charge in [0.1, 0.15) is 0 Å². The fraction of sp³-hybridized carbons (Fsp3) is 0.500. The average molecular weight is 290 g/mol. The molecule has 1 saturated carbocycles. The molecule has 5 nitrogen and oxygen atoms in total. The maximum atomic E-state index is 11.7. The highest BCUT2D eigenvalue weighted by molar-refractivity contribution is 5.98. The number of amides is 1. The van der Waals surface area contributed by atoms with Crippen molar-refractivity contribution in [1.82, 2.24) is 0 Å². The van der Waals surface area contributed by atoms with Gasteiger partial charge in [0.25, 0.3) is 5.91 Å². The van der Waals surface area contributed by atoms with Crippen LogP contribution >= 0.6 is 0 Å². The highest BCUT2D eigenvalue weighted by atomic mass is 16.4. The first-order chi connectivity index (χ1) is 10.1. The summed E-state index contributed by atoms with van der Waals surface area (Å²) in [5, 5.41) is 12.8. The highest BCUT2D eigenvalue weighted by Crippen LogP contribution is 2.36. The van der Waals surface area contributed by atoms with Gasteiger partial charge in [-0.25, -0.2) is 0 Å². The molecule has 1 amide bonds. The topological polar surface area (TPSA) is 92.4 Å². The predicted octanol–water partition coefficient (Wildman–Crippen LogP) is 2.62. The van der Waals surface area contributed by atoms with E-state index in [-0.39, 0.29) is 0 Å². The lowest BCUT2D eigenvalue weighted by Gasteiger charge is -2.29. The summed E-state index contributed by atoms with van der Waals surface area (Å²) < 4.78 is 0. The monoisotopic (exact) mass is 290 g/mol. The number of primary amides is 1. The second-order valence-electron chi connectivity index (χ2n) is 5.76. The molecule has 0 heterocycles. The minimum absolute atomic E-state index is 0.326. The summed E-state index contributed by atoms with van der Waals surface area (Å²) in [5.74, 6) is -1.27. The van der Waals surface area contributed by atoms with E-state index in [1.54, 1.807) is 24.3 Å². The van der Waals surface area contributed by atoms with Crippen LogP contribution in [0.1, 0.15) is 48.9 Å². The molecule has 1 fully saturated rings. The predicted molar refractivity (Wildman–Crippen MR) is 81.2 cm³/mol. The number of carboxylic acids is 1. The number of carboxylic acid groups (broad SMARTS) is 1. The second kappa shape index (κ2) is 6.61. The molecule has 0 aliphatic heterocycles. The molecule has 0 spiro atoms. The first-order valence-electron chi connectivity index (χ1n) is 7.41. The number of benzene rings is 1. The Labute approximate surface area is 124 Å². The third kappa shape index (κ3) is 3.54. The third-order valence-electron chi connectivity index (χ3n) is 4.32. The zero-order valence-electron chi connectivity index (χ0n) is 12.1. The zero-order chi connectivity index (χ0) is 15.3. The molecule has 0 radical (unpaired) electrons. The Hall–Kier alpha value is -2.04. The van der Waals surface area contributed by atoms with Crippen molar-refractivity contribution >= 4 is 17.6 Å². The van der Waals surface area contributed by atoms with Crippen LogP contribution in [0.5, 0.6) is 0 Å². The number of nitrogens with two attached hydrogens (primary N) is 1. The van der Waals surface area contributed by atoms with Gasteiger partial charge in [-0.15, -0.1) is 0 Å². The number of rotatable bonds is 5. The van der Waals surface area contributed by atoms with Crippen molar-refractivity contribution < 1.29 is 14.7 Å². The number of carbonyl (C=O) groups is 2. The molecule has 0 bridgehead atoms. The van der Waals surface area contributed by atoms with Crippen molar-refractivity contribution in [3.63, 3.8) is 0 Å². The zero-order valence-corrected chi connectivity index (χ0v) is 12.1. The first-order valence-corrected chi connectivity index (χ1v) is 7.41.